The Labute approximate surface area is 421 Å². The number of unbranched alkanes of at least 4 members (excludes halogenated alkanes) is 33. The standard InChI is InChI=1S/C57H106N2O10/c1-7-9-11-13-15-17-19-21-22-23-24-25-26-27-28-29-30-31-33-35-37-39-41-43-54(64)59-51(50(58)42-40-38-36-34-32-20-18-16-14-12-10-8-2)44-52-55(66-47(4)61)57(68-49(6)63)56(67-48(5)62)53(69-52)45-65-46(3)60/h50-53,55-57H,7-45,58H2,1-6H3,(H,59,64)/t50-,51-,52?,53-,55+,56+,57-/m1/s1. The molecule has 7 atom stereocenters. The van der Waals surface area contributed by atoms with Crippen LogP contribution in [0.25, 0.3) is 0 Å². The van der Waals surface area contributed by atoms with Gasteiger partial charge in [-0.25, -0.2) is 0 Å². The second kappa shape index (κ2) is 44.0. The molecule has 0 aromatic rings. The highest BCUT2D eigenvalue weighted by Crippen LogP contribution is 2.32. The van der Waals surface area contributed by atoms with Crippen molar-refractivity contribution in [1.82, 2.24) is 5.32 Å². The van der Waals surface area contributed by atoms with E-state index in [4.69, 9.17) is 29.4 Å². The summed E-state index contributed by atoms with van der Waals surface area (Å²) in [6.07, 6.45) is 40.2. The summed E-state index contributed by atoms with van der Waals surface area (Å²) in [4.78, 5) is 62.7. The number of hydrogen-bond acceptors (Lipinski definition) is 11. The van der Waals surface area contributed by atoms with Crippen LogP contribution in [0, 0.1) is 0 Å². The van der Waals surface area contributed by atoms with E-state index in [9.17, 15) is 24.0 Å². The molecule has 0 aliphatic carbocycles. The van der Waals surface area contributed by atoms with Crippen LogP contribution in [-0.4, -0.2) is 79.0 Å². The van der Waals surface area contributed by atoms with Crippen LogP contribution in [0.4, 0.5) is 0 Å². The van der Waals surface area contributed by atoms with E-state index in [0.29, 0.717) is 12.8 Å². The fourth-order valence-electron chi connectivity index (χ4n) is 9.87. The van der Waals surface area contributed by atoms with Crippen LogP contribution in [-0.2, 0) is 47.7 Å². The average molecular weight is 979 g/mol. The van der Waals surface area contributed by atoms with Crippen molar-refractivity contribution in [3.8, 4) is 0 Å². The summed E-state index contributed by atoms with van der Waals surface area (Å²) in [6, 6.07) is -1.02. The minimum absolute atomic E-state index is 0.112. The molecule has 1 amide bonds. The Morgan fingerprint density at radius 2 is 0.754 bits per heavy atom. The van der Waals surface area contributed by atoms with Gasteiger partial charge in [0.25, 0.3) is 0 Å². The Morgan fingerprint density at radius 1 is 0.435 bits per heavy atom. The fourth-order valence-corrected chi connectivity index (χ4v) is 9.87. The molecular formula is C57H106N2O10. The van der Waals surface area contributed by atoms with Gasteiger partial charge >= 0.3 is 23.9 Å². The summed E-state index contributed by atoms with van der Waals surface area (Å²) < 4.78 is 28.7. The number of carbonyl (C=O) groups is 5. The number of nitrogens with two attached hydrogens (primary N) is 1. The van der Waals surface area contributed by atoms with Gasteiger partial charge in [0, 0.05) is 46.2 Å². The monoisotopic (exact) mass is 979 g/mol. The van der Waals surface area contributed by atoms with Gasteiger partial charge in [-0.1, -0.05) is 232 Å². The van der Waals surface area contributed by atoms with E-state index in [0.717, 1.165) is 38.5 Å². The number of hydrogen-bond donors (Lipinski definition) is 2. The summed E-state index contributed by atoms with van der Waals surface area (Å²) in [5, 5.41) is 3.20. The Kier molecular flexibility index (Phi) is 41.0. The Hall–Kier alpha value is -2.73. The molecule has 0 saturated carbocycles. The minimum Gasteiger partial charge on any atom is -0.463 e. The van der Waals surface area contributed by atoms with Crippen LogP contribution < -0.4 is 11.1 Å². The van der Waals surface area contributed by atoms with Gasteiger partial charge < -0.3 is 34.7 Å². The molecule has 12 nitrogen and oxygen atoms in total. The lowest BCUT2D eigenvalue weighted by Crippen LogP contribution is -2.64. The Morgan fingerprint density at radius 3 is 1.10 bits per heavy atom. The normalized spacial score (nSPS) is 18.9. The van der Waals surface area contributed by atoms with Crippen molar-refractivity contribution in [2.24, 2.45) is 5.73 Å². The van der Waals surface area contributed by atoms with E-state index >= 15 is 0 Å². The fraction of sp³-hybridized carbons (Fsp3) is 0.912. The van der Waals surface area contributed by atoms with Crippen LogP contribution in [0.15, 0.2) is 0 Å². The van der Waals surface area contributed by atoms with E-state index in [1.54, 1.807) is 0 Å². The SMILES string of the molecule is CCCCCCCCCCCCCCCCCCCCCCCCCC(=O)N[C@H](CC1O[C@H](COC(C)=O)[C@H](OC(C)=O)[C@H](OC(C)=O)[C@H]1OC(C)=O)[C@H](N)CCCCCCCCCCCCCC. The second-order valence-corrected chi connectivity index (χ2v) is 20.5. The maximum Gasteiger partial charge on any atom is 0.303 e. The Bertz CT molecular complexity index is 1300. The first-order chi connectivity index (χ1) is 33.4. The van der Waals surface area contributed by atoms with Crippen molar-refractivity contribution in [3.05, 3.63) is 0 Å². The zero-order valence-corrected chi connectivity index (χ0v) is 45.3. The highest BCUT2D eigenvalue weighted by atomic mass is 16.7. The molecule has 1 rings (SSSR count). The smallest absolute Gasteiger partial charge is 0.303 e. The number of esters is 4. The van der Waals surface area contributed by atoms with E-state index in [1.165, 1.54) is 214 Å². The van der Waals surface area contributed by atoms with Crippen molar-refractivity contribution in [3.63, 3.8) is 0 Å². The lowest BCUT2D eigenvalue weighted by molar-refractivity contribution is -0.254. The first-order valence-electron chi connectivity index (χ1n) is 28.7. The predicted octanol–water partition coefficient (Wildman–Crippen LogP) is 13.8. The number of rotatable bonds is 46. The molecular weight excluding hydrogens is 873 g/mol. The van der Waals surface area contributed by atoms with Crippen LogP contribution in [0.3, 0.4) is 0 Å². The van der Waals surface area contributed by atoms with Crippen LogP contribution >= 0.6 is 0 Å². The first kappa shape index (κ1) is 64.3. The topological polar surface area (TPSA) is 170 Å². The third kappa shape index (κ3) is 35.9. The molecule has 1 unspecified atom stereocenters. The van der Waals surface area contributed by atoms with Crippen molar-refractivity contribution < 1.29 is 47.7 Å². The summed E-state index contributed by atoms with van der Waals surface area (Å²) >= 11 is 0. The van der Waals surface area contributed by atoms with Gasteiger partial charge in [0.1, 0.15) is 18.8 Å². The number of carbonyl (C=O) groups excluding carboxylic acids is 5. The summed E-state index contributed by atoms with van der Waals surface area (Å²) in [5.74, 6) is -2.73. The van der Waals surface area contributed by atoms with Crippen molar-refractivity contribution >= 4 is 29.8 Å². The van der Waals surface area contributed by atoms with Gasteiger partial charge in [0.2, 0.25) is 5.91 Å². The molecule has 1 fully saturated rings. The highest BCUT2D eigenvalue weighted by Gasteiger charge is 2.52. The lowest BCUT2D eigenvalue weighted by atomic mass is 9.88. The minimum atomic E-state index is -1.27. The molecule has 1 saturated heterocycles. The number of amides is 1. The molecule has 0 aromatic carbocycles. The molecule has 404 valence electrons. The molecule has 1 aliphatic heterocycles. The molecule has 1 aliphatic rings. The summed E-state index contributed by atoms with van der Waals surface area (Å²) in [7, 11) is 0. The summed E-state index contributed by atoms with van der Waals surface area (Å²) in [6.45, 7) is 9.10. The molecule has 3 N–H and O–H groups in total. The molecule has 0 bridgehead atoms. The van der Waals surface area contributed by atoms with E-state index < -0.39 is 66.5 Å². The zero-order valence-electron chi connectivity index (χ0n) is 45.3. The average Bonchev–Trinajstić information content (AvgIpc) is 3.30. The van der Waals surface area contributed by atoms with Gasteiger partial charge in [-0.3, -0.25) is 24.0 Å². The van der Waals surface area contributed by atoms with E-state index in [-0.39, 0.29) is 18.9 Å². The van der Waals surface area contributed by atoms with Crippen molar-refractivity contribution in [1.29, 1.82) is 0 Å². The summed E-state index contributed by atoms with van der Waals surface area (Å²) in [5.41, 5.74) is 6.92. The largest absolute Gasteiger partial charge is 0.463 e. The molecule has 0 radical (unpaired) electrons. The number of nitrogens with one attached hydrogen (secondary N) is 1. The van der Waals surface area contributed by atoms with Gasteiger partial charge in [0.05, 0.1) is 0 Å². The van der Waals surface area contributed by atoms with E-state index in [2.05, 4.69) is 19.2 Å². The molecule has 0 aromatic heterocycles. The second-order valence-electron chi connectivity index (χ2n) is 20.5. The maximum atomic E-state index is 13.6. The van der Waals surface area contributed by atoms with Crippen molar-refractivity contribution in [2.75, 3.05) is 6.61 Å². The van der Waals surface area contributed by atoms with Gasteiger partial charge in [-0.15, -0.1) is 0 Å². The van der Waals surface area contributed by atoms with Crippen LogP contribution in [0.2, 0.25) is 0 Å². The molecule has 0 spiro atoms. The predicted molar refractivity (Wildman–Crippen MR) is 279 cm³/mol. The van der Waals surface area contributed by atoms with Gasteiger partial charge in [-0.05, 0) is 19.3 Å². The molecule has 1 heterocycles. The quantitative estimate of drug-likeness (QED) is 0.0338. The lowest BCUT2D eigenvalue weighted by Gasteiger charge is -2.45. The third-order valence-electron chi connectivity index (χ3n) is 13.8. The highest BCUT2D eigenvalue weighted by molar-refractivity contribution is 5.76. The first-order valence-corrected chi connectivity index (χ1v) is 28.7. The van der Waals surface area contributed by atoms with E-state index in [1.807, 2.05) is 0 Å². The molecule has 12 heteroatoms. The van der Waals surface area contributed by atoms with Crippen molar-refractivity contribution in [2.45, 2.75) is 328 Å². The number of ether oxygens (including phenoxy) is 5. The Balaban J connectivity index is 2.68. The van der Waals surface area contributed by atoms with Crippen LogP contribution in [0.1, 0.15) is 286 Å². The van der Waals surface area contributed by atoms with Crippen LogP contribution in [0.5, 0.6) is 0 Å². The van der Waals surface area contributed by atoms with Gasteiger partial charge in [-0.2, -0.15) is 0 Å². The molecule has 69 heavy (non-hydrogen) atoms. The zero-order chi connectivity index (χ0) is 50.7. The maximum absolute atomic E-state index is 13.6. The van der Waals surface area contributed by atoms with Gasteiger partial charge in [0.15, 0.2) is 18.3 Å². The third-order valence-corrected chi connectivity index (χ3v) is 13.8.